The number of benzene rings is 1. The van der Waals surface area contributed by atoms with Crippen LogP contribution in [0, 0.1) is 18.3 Å². The molecule has 1 saturated heterocycles. The molecule has 33 heavy (non-hydrogen) atoms. The van der Waals surface area contributed by atoms with Crippen LogP contribution >= 0.6 is 30.3 Å². The zero-order valence-electron chi connectivity index (χ0n) is 18.9. The van der Waals surface area contributed by atoms with Gasteiger partial charge in [0.25, 0.3) is 0 Å². The van der Waals surface area contributed by atoms with Crippen LogP contribution in [0.4, 0.5) is 0 Å². The summed E-state index contributed by atoms with van der Waals surface area (Å²) in [6, 6.07) is 8.11. The van der Waals surface area contributed by atoms with Crippen molar-refractivity contribution in [3.8, 4) is 6.07 Å². The maximum Gasteiger partial charge on any atom is 0.222 e. The van der Waals surface area contributed by atoms with Gasteiger partial charge in [-0.15, -0.1) is 0 Å². The molecule has 0 bridgehead atoms. The molecule has 1 aliphatic carbocycles. The molecule has 176 valence electrons. The fourth-order valence-electron chi connectivity index (χ4n) is 4.57. The van der Waals surface area contributed by atoms with Crippen molar-refractivity contribution in [2.75, 3.05) is 27.2 Å². The quantitative estimate of drug-likeness (QED) is 0.200. The minimum atomic E-state index is -3.12. The molecular weight excluding hydrogens is 571 g/mol. The number of carbonyl (C=O) groups excluding carboxylic acids is 1. The Hall–Kier alpha value is -1.55. The summed E-state index contributed by atoms with van der Waals surface area (Å²) in [5, 5.41) is 10.3. The highest BCUT2D eigenvalue weighted by molar-refractivity contribution is 14.2. The van der Waals surface area contributed by atoms with Crippen LogP contribution < -0.4 is 0 Å². The van der Waals surface area contributed by atoms with E-state index >= 15 is 0 Å². The smallest absolute Gasteiger partial charge is 0.222 e. The van der Waals surface area contributed by atoms with Crippen molar-refractivity contribution < 1.29 is 13.2 Å². The van der Waals surface area contributed by atoms with Crippen molar-refractivity contribution in [3.05, 3.63) is 46.8 Å². The van der Waals surface area contributed by atoms with Crippen LogP contribution in [0.1, 0.15) is 53.2 Å². The number of halogens is 1. The number of ketones is 1. The highest BCUT2D eigenvalue weighted by atomic mass is 127. The maximum absolute atomic E-state index is 13.1. The molecule has 2 aliphatic rings. The van der Waals surface area contributed by atoms with Crippen LogP contribution in [0.15, 0.2) is 30.0 Å². The Balaban J connectivity index is 1.65. The third-order valence-electron chi connectivity index (χ3n) is 6.40. The van der Waals surface area contributed by atoms with E-state index in [0.29, 0.717) is 18.8 Å². The first-order valence-electron chi connectivity index (χ1n) is 10.9. The van der Waals surface area contributed by atoms with Crippen molar-refractivity contribution in [2.24, 2.45) is 0 Å². The number of fused-ring (bicyclic) bond motifs is 1. The number of hydrogen-bond donors (Lipinski definition) is 0. The van der Waals surface area contributed by atoms with E-state index in [4.69, 9.17) is 0 Å². The lowest BCUT2D eigenvalue weighted by atomic mass is 9.87. The minimum Gasteiger partial charge on any atom is -0.382 e. The molecule has 7 nitrogen and oxygen atoms in total. The van der Waals surface area contributed by atoms with Crippen LogP contribution in [0.5, 0.6) is 0 Å². The van der Waals surface area contributed by atoms with Gasteiger partial charge in [0.2, 0.25) is 15.8 Å². The Morgan fingerprint density at radius 1 is 1.21 bits per heavy atom. The predicted molar refractivity (Wildman–Crippen MR) is 141 cm³/mol. The number of nitrogens with zero attached hydrogens (tertiary/aromatic N) is 4. The molecule has 10 heteroatoms. The summed E-state index contributed by atoms with van der Waals surface area (Å²) in [4.78, 5) is 14.8. The molecule has 4 rings (SSSR count). The van der Waals surface area contributed by atoms with Crippen LogP contribution in [-0.4, -0.2) is 59.8 Å². The minimum absolute atomic E-state index is 0.0932. The molecule has 0 N–H and O–H groups in total. The van der Waals surface area contributed by atoms with E-state index < -0.39 is 10.0 Å². The summed E-state index contributed by atoms with van der Waals surface area (Å²) in [5.41, 5.74) is 3.86. The summed E-state index contributed by atoms with van der Waals surface area (Å²) < 4.78 is 28.7. The SMILES string of the molecule is Cc1cc2cc(C(=O)/C(C#N)=C/N(C)C)n(SI)c2cc1C1CCN(S(=O)(=O)C2CC2)CC1. The molecule has 0 atom stereocenters. The number of allylic oxidation sites excluding steroid dienone is 1. The standard InChI is InChI=1S/C23H27IN4O3S2/c1-15-10-17-11-22(23(29)18(13-25)14-26(2)3)28(32-24)21(17)12-20(15)16-6-8-27(9-7-16)33(30,31)19-4-5-19/h10-12,14,16,19H,4-9H2,1-3H3/b18-14+. The topological polar surface area (TPSA) is 86.4 Å². The number of aromatic nitrogens is 1. The molecule has 0 radical (unpaired) electrons. The Morgan fingerprint density at radius 3 is 2.42 bits per heavy atom. The summed E-state index contributed by atoms with van der Waals surface area (Å²) >= 11 is 2.16. The van der Waals surface area contributed by atoms with Crippen LogP contribution in [-0.2, 0) is 10.0 Å². The van der Waals surface area contributed by atoms with Gasteiger partial charge in [0.1, 0.15) is 17.3 Å². The van der Waals surface area contributed by atoms with E-state index in [0.717, 1.165) is 42.1 Å². The van der Waals surface area contributed by atoms with E-state index in [2.05, 4.69) is 40.3 Å². The number of rotatable bonds is 7. The third kappa shape index (κ3) is 4.83. The normalized spacial score (nSPS) is 18.5. The molecule has 2 aromatic rings. The van der Waals surface area contributed by atoms with E-state index in [1.807, 2.05) is 16.1 Å². The summed E-state index contributed by atoms with van der Waals surface area (Å²) in [6.45, 7) is 3.20. The molecule has 2 heterocycles. The largest absolute Gasteiger partial charge is 0.382 e. The first-order valence-corrected chi connectivity index (χ1v) is 15.8. The van der Waals surface area contributed by atoms with Gasteiger partial charge in [-0.05, 0) is 67.9 Å². The molecule has 1 saturated carbocycles. The lowest BCUT2D eigenvalue weighted by Gasteiger charge is -2.32. The van der Waals surface area contributed by atoms with E-state index in [1.54, 1.807) is 29.5 Å². The van der Waals surface area contributed by atoms with Gasteiger partial charge in [-0.2, -0.15) is 5.26 Å². The highest BCUT2D eigenvalue weighted by Crippen LogP contribution is 2.39. The van der Waals surface area contributed by atoms with Gasteiger partial charge in [-0.3, -0.25) is 8.77 Å². The van der Waals surface area contributed by atoms with Gasteiger partial charge in [-0.25, -0.2) is 12.7 Å². The van der Waals surface area contributed by atoms with Crippen molar-refractivity contribution in [3.63, 3.8) is 0 Å². The lowest BCUT2D eigenvalue weighted by Crippen LogP contribution is -2.39. The zero-order valence-corrected chi connectivity index (χ0v) is 22.7. The Morgan fingerprint density at radius 2 is 1.88 bits per heavy atom. The van der Waals surface area contributed by atoms with Crippen molar-refractivity contribution in [1.29, 1.82) is 5.26 Å². The molecule has 0 unspecified atom stereocenters. The Kier molecular flexibility index (Phi) is 7.15. The first kappa shape index (κ1) is 24.6. The molecular formula is C23H27IN4O3S2. The van der Waals surface area contributed by atoms with Crippen LogP contribution in [0.25, 0.3) is 10.9 Å². The average molecular weight is 599 g/mol. The molecule has 1 aliphatic heterocycles. The van der Waals surface area contributed by atoms with Gasteiger partial charge in [0.15, 0.2) is 0 Å². The predicted octanol–water partition coefficient (Wildman–Crippen LogP) is 4.62. The van der Waals surface area contributed by atoms with Gasteiger partial charge >= 0.3 is 0 Å². The molecule has 1 aromatic heterocycles. The number of carbonyl (C=O) groups is 1. The van der Waals surface area contributed by atoms with Crippen molar-refractivity contribution in [2.45, 2.75) is 43.8 Å². The number of aryl methyl sites for hydroxylation is 1. The van der Waals surface area contributed by atoms with Gasteiger partial charge in [0.05, 0.1) is 10.8 Å². The van der Waals surface area contributed by atoms with Gasteiger partial charge < -0.3 is 4.90 Å². The van der Waals surface area contributed by atoms with Crippen molar-refractivity contribution >= 4 is 57.0 Å². The zero-order chi connectivity index (χ0) is 23.9. The van der Waals surface area contributed by atoms with Crippen LogP contribution in [0.2, 0.25) is 0 Å². The maximum atomic E-state index is 13.1. The van der Waals surface area contributed by atoms with Crippen LogP contribution in [0.3, 0.4) is 0 Å². The fourth-order valence-corrected chi connectivity index (χ4v) is 8.16. The molecule has 2 fully saturated rings. The van der Waals surface area contributed by atoms with E-state index in [-0.39, 0.29) is 22.5 Å². The Bertz CT molecular complexity index is 1260. The lowest BCUT2D eigenvalue weighted by molar-refractivity contribution is 0.103. The molecule has 1 aromatic carbocycles. The monoisotopic (exact) mass is 598 g/mol. The molecule has 0 amide bonds. The number of nitriles is 1. The van der Waals surface area contributed by atoms with Crippen molar-refractivity contribution in [1.82, 2.24) is 13.2 Å². The second-order valence-corrected chi connectivity index (χ2v) is 12.9. The number of Topliss-reactive ketones (excluding diaryl/α,β-unsaturated/α-hetero) is 1. The number of sulfonamides is 1. The summed E-state index contributed by atoms with van der Waals surface area (Å²) in [6.07, 6.45) is 4.73. The van der Waals surface area contributed by atoms with Gasteiger partial charge in [-0.1, -0.05) is 0 Å². The average Bonchev–Trinajstić information content (AvgIpc) is 3.59. The highest BCUT2D eigenvalue weighted by Gasteiger charge is 2.41. The second kappa shape index (κ2) is 9.60. The number of hydrogen-bond acceptors (Lipinski definition) is 6. The summed E-state index contributed by atoms with van der Waals surface area (Å²) in [5.74, 6) is -0.0190. The third-order valence-corrected chi connectivity index (χ3v) is 10.5. The fraction of sp³-hybridized carbons (Fsp3) is 0.478. The second-order valence-electron chi connectivity index (χ2n) is 9.03. The van der Waals surface area contributed by atoms with E-state index in [9.17, 15) is 18.5 Å². The molecule has 0 spiro atoms. The summed E-state index contributed by atoms with van der Waals surface area (Å²) in [7, 11) is 1.85. The Labute approximate surface area is 211 Å². The van der Waals surface area contributed by atoms with E-state index in [1.165, 1.54) is 14.7 Å². The van der Waals surface area contributed by atoms with Gasteiger partial charge in [0, 0.05) is 69.1 Å². The first-order chi connectivity index (χ1) is 15.7. The number of piperidine rings is 1.